The summed E-state index contributed by atoms with van der Waals surface area (Å²) in [5.41, 5.74) is 0. The predicted molar refractivity (Wildman–Crippen MR) is 38.2 cm³/mol. The molecule has 1 aliphatic carbocycles. The van der Waals surface area contributed by atoms with Crippen LogP contribution in [0.2, 0.25) is 0 Å². The Bertz CT molecular complexity index is 134. The van der Waals surface area contributed by atoms with Crippen LogP contribution in [-0.4, -0.2) is 6.61 Å². The molecule has 1 unspecified atom stereocenters. The summed E-state index contributed by atoms with van der Waals surface area (Å²) in [5.74, 6) is 0.502. The number of hydrogen-bond acceptors (Lipinski definition) is 3. The summed E-state index contributed by atoms with van der Waals surface area (Å²) in [6.45, 7) is 0.480. The smallest absolute Gasteiger partial charge is 0.155 e. The van der Waals surface area contributed by atoms with E-state index in [9.17, 15) is 4.91 Å². The van der Waals surface area contributed by atoms with Crippen LogP contribution < -0.4 is 0 Å². The summed E-state index contributed by atoms with van der Waals surface area (Å²) in [5, 5.41) is 2.36. The molecular weight excluding hydrogens is 130 g/mol. The first-order chi connectivity index (χ1) is 4.93. The van der Waals surface area contributed by atoms with Crippen molar-refractivity contribution in [3.63, 3.8) is 0 Å². The molecule has 0 aliphatic heterocycles. The maximum Gasteiger partial charge on any atom is 0.155 e. The van der Waals surface area contributed by atoms with Gasteiger partial charge < -0.3 is 4.84 Å². The second-order valence-electron chi connectivity index (χ2n) is 2.52. The SMILES string of the molecule is O=NOCC1CC=CCC1. The van der Waals surface area contributed by atoms with E-state index < -0.39 is 0 Å². The second-order valence-corrected chi connectivity index (χ2v) is 2.52. The van der Waals surface area contributed by atoms with Gasteiger partial charge in [-0.15, -0.1) is 4.91 Å². The maximum absolute atomic E-state index is 9.56. The van der Waals surface area contributed by atoms with Crippen molar-refractivity contribution in [2.24, 2.45) is 11.3 Å². The fraction of sp³-hybridized carbons (Fsp3) is 0.714. The van der Waals surface area contributed by atoms with Crippen LogP contribution in [0.3, 0.4) is 0 Å². The summed E-state index contributed by atoms with van der Waals surface area (Å²) in [6, 6.07) is 0. The van der Waals surface area contributed by atoms with Crippen LogP contribution in [0, 0.1) is 10.8 Å². The Morgan fingerprint density at radius 1 is 1.60 bits per heavy atom. The minimum absolute atomic E-state index is 0.480. The molecule has 1 rings (SSSR count). The molecule has 3 nitrogen and oxygen atoms in total. The molecule has 0 heterocycles. The highest BCUT2D eigenvalue weighted by Crippen LogP contribution is 2.17. The van der Waals surface area contributed by atoms with E-state index in [1.54, 1.807) is 0 Å². The highest BCUT2D eigenvalue weighted by Gasteiger charge is 2.09. The van der Waals surface area contributed by atoms with Crippen LogP contribution in [0.25, 0.3) is 0 Å². The number of allylic oxidation sites excluding steroid dienone is 2. The van der Waals surface area contributed by atoms with Crippen molar-refractivity contribution >= 4 is 0 Å². The van der Waals surface area contributed by atoms with Gasteiger partial charge in [-0.1, -0.05) is 12.2 Å². The van der Waals surface area contributed by atoms with Gasteiger partial charge in [0.25, 0.3) is 0 Å². The van der Waals surface area contributed by atoms with Gasteiger partial charge in [-0.25, -0.2) is 0 Å². The zero-order chi connectivity index (χ0) is 7.23. The van der Waals surface area contributed by atoms with E-state index in [-0.39, 0.29) is 0 Å². The number of hydrogen-bond donors (Lipinski definition) is 0. The first kappa shape index (κ1) is 7.25. The molecule has 0 bridgehead atoms. The third-order valence-corrected chi connectivity index (χ3v) is 1.74. The van der Waals surface area contributed by atoms with Crippen LogP contribution >= 0.6 is 0 Å². The molecule has 0 spiro atoms. The maximum atomic E-state index is 9.56. The van der Waals surface area contributed by atoms with Crippen molar-refractivity contribution in [1.82, 2.24) is 0 Å². The van der Waals surface area contributed by atoms with Crippen LogP contribution in [-0.2, 0) is 4.84 Å². The predicted octanol–water partition coefficient (Wildman–Crippen LogP) is 2.04. The molecule has 3 heteroatoms. The lowest BCUT2D eigenvalue weighted by Crippen LogP contribution is -2.08. The van der Waals surface area contributed by atoms with E-state index in [0.29, 0.717) is 12.5 Å². The molecule has 0 N–H and O–H groups in total. The summed E-state index contributed by atoms with van der Waals surface area (Å²) in [6.07, 6.45) is 7.53. The van der Waals surface area contributed by atoms with Gasteiger partial charge >= 0.3 is 0 Å². The summed E-state index contributed by atoms with van der Waals surface area (Å²) in [7, 11) is 0. The molecule has 1 atom stereocenters. The topological polar surface area (TPSA) is 38.7 Å². The Balaban J connectivity index is 2.15. The van der Waals surface area contributed by atoms with E-state index in [2.05, 4.69) is 22.3 Å². The molecular formula is C7H11NO2. The van der Waals surface area contributed by atoms with Gasteiger partial charge in [0.1, 0.15) is 6.61 Å². The number of nitrogens with zero attached hydrogens (tertiary/aromatic N) is 1. The van der Waals surface area contributed by atoms with Gasteiger partial charge in [0.05, 0.1) is 0 Å². The Hall–Kier alpha value is -0.860. The fourth-order valence-corrected chi connectivity index (χ4v) is 1.14. The molecule has 56 valence electrons. The van der Waals surface area contributed by atoms with Crippen molar-refractivity contribution in [3.8, 4) is 0 Å². The van der Waals surface area contributed by atoms with Crippen molar-refractivity contribution in [3.05, 3.63) is 17.1 Å². The van der Waals surface area contributed by atoms with Gasteiger partial charge in [-0.05, 0) is 25.2 Å². The third kappa shape index (κ3) is 2.17. The average Bonchev–Trinajstić information content (AvgIpc) is 2.03. The van der Waals surface area contributed by atoms with Crippen molar-refractivity contribution in [2.45, 2.75) is 19.3 Å². The highest BCUT2D eigenvalue weighted by atomic mass is 16.7. The molecule has 0 amide bonds. The summed E-state index contributed by atoms with van der Waals surface area (Å²) in [4.78, 5) is 14.0. The quantitative estimate of drug-likeness (QED) is 0.342. The second kappa shape index (κ2) is 4.04. The third-order valence-electron chi connectivity index (χ3n) is 1.74. The standard InChI is InChI=1S/C7H11NO2/c9-8-10-6-7-4-2-1-3-5-7/h1-2,7H,3-6H2. The largest absolute Gasteiger partial charge is 0.364 e. The van der Waals surface area contributed by atoms with Crippen LogP contribution in [0.15, 0.2) is 17.5 Å². The average molecular weight is 141 g/mol. The molecule has 1 aliphatic rings. The Morgan fingerprint density at radius 3 is 3.10 bits per heavy atom. The lowest BCUT2D eigenvalue weighted by molar-refractivity contribution is 0.0994. The van der Waals surface area contributed by atoms with E-state index in [4.69, 9.17) is 0 Å². The minimum Gasteiger partial charge on any atom is -0.364 e. The van der Waals surface area contributed by atoms with Crippen molar-refractivity contribution < 1.29 is 4.84 Å². The Labute approximate surface area is 60.0 Å². The van der Waals surface area contributed by atoms with E-state index in [0.717, 1.165) is 19.3 Å². The van der Waals surface area contributed by atoms with Gasteiger partial charge in [0, 0.05) is 0 Å². The van der Waals surface area contributed by atoms with E-state index in [1.165, 1.54) is 0 Å². The molecule has 0 aromatic carbocycles. The van der Waals surface area contributed by atoms with Gasteiger partial charge in [-0.2, -0.15) is 0 Å². The van der Waals surface area contributed by atoms with Gasteiger partial charge in [0.2, 0.25) is 0 Å². The molecule has 0 aromatic heterocycles. The molecule has 0 radical (unpaired) electrons. The first-order valence-electron chi connectivity index (χ1n) is 3.53. The summed E-state index contributed by atoms with van der Waals surface area (Å²) < 4.78 is 0. The highest BCUT2D eigenvalue weighted by molar-refractivity contribution is 4.89. The normalized spacial score (nSPS) is 24.2. The van der Waals surface area contributed by atoms with Crippen LogP contribution in [0.1, 0.15) is 19.3 Å². The zero-order valence-electron chi connectivity index (χ0n) is 5.82. The zero-order valence-corrected chi connectivity index (χ0v) is 5.82. The molecule has 0 aromatic rings. The van der Waals surface area contributed by atoms with E-state index in [1.807, 2.05) is 0 Å². The van der Waals surface area contributed by atoms with Crippen molar-refractivity contribution in [2.75, 3.05) is 6.61 Å². The molecule has 0 fully saturated rings. The molecule has 10 heavy (non-hydrogen) atoms. The van der Waals surface area contributed by atoms with Crippen LogP contribution in [0.5, 0.6) is 0 Å². The Kier molecular flexibility index (Phi) is 2.93. The lowest BCUT2D eigenvalue weighted by Gasteiger charge is -2.14. The molecule has 0 saturated carbocycles. The minimum atomic E-state index is 0.480. The van der Waals surface area contributed by atoms with Gasteiger partial charge in [-0.3, -0.25) is 0 Å². The Morgan fingerprint density at radius 2 is 2.50 bits per heavy atom. The van der Waals surface area contributed by atoms with E-state index >= 15 is 0 Å². The first-order valence-corrected chi connectivity index (χ1v) is 3.53. The fourth-order valence-electron chi connectivity index (χ4n) is 1.14. The lowest BCUT2D eigenvalue weighted by atomic mass is 9.96. The number of rotatable bonds is 3. The van der Waals surface area contributed by atoms with Gasteiger partial charge in [0.15, 0.2) is 5.34 Å². The van der Waals surface area contributed by atoms with Crippen molar-refractivity contribution in [1.29, 1.82) is 0 Å². The monoisotopic (exact) mass is 141 g/mol. The van der Waals surface area contributed by atoms with Crippen LogP contribution in [0.4, 0.5) is 0 Å². The molecule has 0 saturated heterocycles. The summed E-state index contributed by atoms with van der Waals surface area (Å²) >= 11 is 0.